The molecule has 1 saturated heterocycles. The van der Waals surface area contributed by atoms with E-state index in [1.807, 2.05) is 13.1 Å². The number of hydrogen-bond acceptors (Lipinski definition) is 3. The average molecular weight is 250 g/mol. The molecule has 18 heavy (non-hydrogen) atoms. The van der Waals surface area contributed by atoms with Gasteiger partial charge in [0.05, 0.1) is 18.3 Å². The molecule has 1 aromatic rings. The molecule has 0 radical (unpaired) electrons. The Bertz CT molecular complexity index is 370. The summed E-state index contributed by atoms with van der Waals surface area (Å²) >= 11 is 0. The molecule has 1 aliphatic heterocycles. The number of aromatic amines is 1. The van der Waals surface area contributed by atoms with Crippen LogP contribution in [-0.2, 0) is 11.3 Å². The molecule has 1 amide bonds. The molecule has 0 aromatic carbocycles. The lowest BCUT2D eigenvalue weighted by atomic mass is 10.1. The Balaban J connectivity index is 1.95. The van der Waals surface area contributed by atoms with Gasteiger partial charge in [0.2, 0.25) is 5.91 Å². The minimum atomic E-state index is 0.0421. The third-order valence-corrected chi connectivity index (χ3v) is 3.60. The molecule has 1 N–H and O–H groups in total. The average Bonchev–Trinajstić information content (AvgIpc) is 3.02. The standard InChI is InChI=1S/C13H22N4O/c1-3-12(17-8-4-5-9-17)13(18)16(2)10-11-6-7-14-15-11/h6-7,12H,3-5,8-10H2,1-2H3,(H,14,15)/t12-/m0/s1. The van der Waals surface area contributed by atoms with E-state index in [1.54, 1.807) is 11.1 Å². The molecule has 1 fully saturated rings. The summed E-state index contributed by atoms with van der Waals surface area (Å²) in [7, 11) is 1.86. The third-order valence-electron chi connectivity index (χ3n) is 3.60. The zero-order valence-electron chi connectivity index (χ0n) is 11.2. The summed E-state index contributed by atoms with van der Waals surface area (Å²) in [6.07, 6.45) is 5.03. The molecule has 0 bridgehead atoms. The van der Waals surface area contributed by atoms with Crippen molar-refractivity contribution in [2.45, 2.75) is 38.8 Å². The van der Waals surface area contributed by atoms with E-state index in [-0.39, 0.29) is 11.9 Å². The zero-order valence-corrected chi connectivity index (χ0v) is 11.2. The molecule has 0 saturated carbocycles. The van der Waals surface area contributed by atoms with Crippen molar-refractivity contribution in [3.05, 3.63) is 18.0 Å². The fourth-order valence-electron chi connectivity index (χ4n) is 2.60. The van der Waals surface area contributed by atoms with Gasteiger partial charge in [-0.1, -0.05) is 6.92 Å². The highest BCUT2D eigenvalue weighted by atomic mass is 16.2. The molecule has 1 atom stereocenters. The molecule has 2 heterocycles. The number of aromatic nitrogens is 2. The van der Waals surface area contributed by atoms with Gasteiger partial charge in [0.15, 0.2) is 0 Å². The van der Waals surface area contributed by atoms with Gasteiger partial charge >= 0.3 is 0 Å². The number of nitrogens with zero attached hydrogens (tertiary/aromatic N) is 3. The summed E-state index contributed by atoms with van der Waals surface area (Å²) in [6, 6.07) is 1.95. The Morgan fingerprint density at radius 2 is 2.28 bits per heavy atom. The van der Waals surface area contributed by atoms with Gasteiger partial charge in [-0.05, 0) is 38.4 Å². The maximum absolute atomic E-state index is 12.4. The van der Waals surface area contributed by atoms with Crippen molar-refractivity contribution in [2.75, 3.05) is 20.1 Å². The minimum absolute atomic E-state index is 0.0421. The molecule has 5 heteroatoms. The Kier molecular flexibility index (Phi) is 4.36. The molecule has 100 valence electrons. The fraction of sp³-hybridized carbons (Fsp3) is 0.692. The van der Waals surface area contributed by atoms with Crippen molar-refractivity contribution in [1.82, 2.24) is 20.0 Å². The van der Waals surface area contributed by atoms with E-state index in [0.29, 0.717) is 6.54 Å². The highest BCUT2D eigenvalue weighted by Crippen LogP contribution is 2.16. The lowest BCUT2D eigenvalue weighted by Crippen LogP contribution is -2.45. The summed E-state index contributed by atoms with van der Waals surface area (Å²) in [6.45, 7) is 4.80. The van der Waals surface area contributed by atoms with Gasteiger partial charge in [-0.2, -0.15) is 5.10 Å². The summed E-state index contributed by atoms with van der Waals surface area (Å²) in [4.78, 5) is 16.5. The number of hydrogen-bond donors (Lipinski definition) is 1. The zero-order chi connectivity index (χ0) is 13.0. The Hall–Kier alpha value is -1.36. The van der Waals surface area contributed by atoms with Crippen molar-refractivity contribution in [3.63, 3.8) is 0 Å². The summed E-state index contributed by atoms with van der Waals surface area (Å²) in [5.41, 5.74) is 0.974. The first kappa shape index (κ1) is 13.1. The number of nitrogens with one attached hydrogen (secondary N) is 1. The predicted molar refractivity (Wildman–Crippen MR) is 69.9 cm³/mol. The van der Waals surface area contributed by atoms with Gasteiger partial charge in [-0.15, -0.1) is 0 Å². The van der Waals surface area contributed by atoms with Crippen LogP contribution in [0.5, 0.6) is 0 Å². The minimum Gasteiger partial charge on any atom is -0.339 e. The molecule has 1 aromatic heterocycles. The van der Waals surface area contributed by atoms with Gasteiger partial charge in [-0.25, -0.2) is 0 Å². The first-order valence-corrected chi connectivity index (χ1v) is 6.69. The van der Waals surface area contributed by atoms with Crippen LogP contribution >= 0.6 is 0 Å². The molecular weight excluding hydrogens is 228 g/mol. The molecule has 1 aliphatic rings. The molecule has 5 nitrogen and oxygen atoms in total. The van der Waals surface area contributed by atoms with Crippen molar-refractivity contribution >= 4 is 5.91 Å². The number of amides is 1. The number of carbonyl (C=O) groups is 1. The molecule has 2 rings (SSSR count). The van der Waals surface area contributed by atoms with Crippen LogP contribution in [0, 0.1) is 0 Å². The highest BCUT2D eigenvalue weighted by molar-refractivity contribution is 5.81. The Morgan fingerprint density at radius 1 is 1.56 bits per heavy atom. The van der Waals surface area contributed by atoms with E-state index in [0.717, 1.165) is 25.2 Å². The van der Waals surface area contributed by atoms with Crippen molar-refractivity contribution < 1.29 is 4.79 Å². The molecule has 0 unspecified atom stereocenters. The number of carbonyl (C=O) groups excluding carboxylic acids is 1. The Labute approximate surface area is 108 Å². The van der Waals surface area contributed by atoms with Crippen LogP contribution in [0.4, 0.5) is 0 Å². The van der Waals surface area contributed by atoms with Gasteiger partial charge in [0.25, 0.3) is 0 Å². The maximum atomic E-state index is 12.4. The fourth-order valence-corrected chi connectivity index (χ4v) is 2.60. The lowest BCUT2D eigenvalue weighted by Gasteiger charge is -2.29. The summed E-state index contributed by atoms with van der Waals surface area (Å²) in [5.74, 6) is 0.217. The van der Waals surface area contributed by atoms with Crippen LogP contribution in [0.3, 0.4) is 0 Å². The van der Waals surface area contributed by atoms with Crippen LogP contribution in [-0.4, -0.2) is 52.1 Å². The van der Waals surface area contributed by atoms with E-state index in [4.69, 9.17) is 0 Å². The van der Waals surface area contributed by atoms with Crippen LogP contribution < -0.4 is 0 Å². The second kappa shape index (κ2) is 6.00. The monoisotopic (exact) mass is 250 g/mol. The quantitative estimate of drug-likeness (QED) is 0.855. The van der Waals surface area contributed by atoms with Crippen LogP contribution in [0.25, 0.3) is 0 Å². The van der Waals surface area contributed by atoms with Crippen LogP contribution in [0.1, 0.15) is 31.9 Å². The summed E-state index contributed by atoms with van der Waals surface area (Å²) < 4.78 is 0. The molecular formula is C13H22N4O. The van der Waals surface area contributed by atoms with Gasteiger partial charge < -0.3 is 4.90 Å². The van der Waals surface area contributed by atoms with E-state index in [2.05, 4.69) is 22.0 Å². The van der Waals surface area contributed by atoms with Crippen molar-refractivity contribution in [2.24, 2.45) is 0 Å². The second-order valence-electron chi connectivity index (χ2n) is 4.94. The van der Waals surface area contributed by atoms with Crippen molar-refractivity contribution in [1.29, 1.82) is 0 Å². The van der Waals surface area contributed by atoms with Gasteiger partial charge in [0, 0.05) is 13.2 Å². The first-order chi connectivity index (χ1) is 8.72. The van der Waals surface area contributed by atoms with Crippen molar-refractivity contribution in [3.8, 4) is 0 Å². The lowest BCUT2D eigenvalue weighted by molar-refractivity contribution is -0.136. The normalized spacial score (nSPS) is 17.9. The number of likely N-dealkylation sites (N-methyl/N-ethyl adjacent to an activating group) is 1. The number of H-pyrrole nitrogens is 1. The van der Waals surface area contributed by atoms with Gasteiger partial charge in [0.1, 0.15) is 0 Å². The van der Waals surface area contributed by atoms with E-state index >= 15 is 0 Å². The largest absolute Gasteiger partial charge is 0.339 e. The van der Waals surface area contributed by atoms with Gasteiger partial charge in [-0.3, -0.25) is 14.8 Å². The first-order valence-electron chi connectivity index (χ1n) is 6.69. The smallest absolute Gasteiger partial charge is 0.240 e. The van der Waals surface area contributed by atoms with E-state index in [9.17, 15) is 4.79 Å². The highest BCUT2D eigenvalue weighted by Gasteiger charge is 2.28. The molecule has 0 aliphatic carbocycles. The number of likely N-dealkylation sites (tertiary alicyclic amines) is 1. The maximum Gasteiger partial charge on any atom is 0.240 e. The third kappa shape index (κ3) is 2.90. The topological polar surface area (TPSA) is 52.2 Å². The Morgan fingerprint density at radius 3 is 2.83 bits per heavy atom. The number of rotatable bonds is 5. The molecule has 0 spiro atoms. The van der Waals surface area contributed by atoms with E-state index < -0.39 is 0 Å². The predicted octanol–water partition coefficient (Wildman–Crippen LogP) is 1.24. The summed E-state index contributed by atoms with van der Waals surface area (Å²) in [5, 5.41) is 6.80. The van der Waals surface area contributed by atoms with Crippen LogP contribution in [0.15, 0.2) is 12.3 Å². The SMILES string of the molecule is CC[C@@H](C(=O)N(C)Cc1ccn[nH]1)N1CCCC1. The van der Waals surface area contributed by atoms with E-state index in [1.165, 1.54) is 12.8 Å². The van der Waals surface area contributed by atoms with Crippen LogP contribution in [0.2, 0.25) is 0 Å². The second-order valence-corrected chi connectivity index (χ2v) is 4.94.